The number of benzene rings is 1. The minimum atomic E-state index is -0.560. The number of primary amides is 1. The first-order valence-corrected chi connectivity index (χ1v) is 8.68. The number of hydrogen-bond acceptors (Lipinski definition) is 5. The summed E-state index contributed by atoms with van der Waals surface area (Å²) in [5.74, 6) is 0.312. The van der Waals surface area contributed by atoms with Gasteiger partial charge in [0.15, 0.2) is 18.1 Å². The average Bonchev–Trinajstić information content (AvgIpc) is 2.54. The number of likely N-dealkylation sites (N-methyl/N-ethyl adjacent to an activating group) is 1. The maximum atomic E-state index is 10.9. The number of halogens is 3. The Morgan fingerprint density at radius 2 is 1.85 bits per heavy atom. The van der Waals surface area contributed by atoms with Crippen LogP contribution >= 0.6 is 36.4 Å². The number of hydrogen-bond donors (Lipinski definition) is 2. The highest BCUT2D eigenvalue weighted by atomic mass is 35.5. The molecule has 9 heteroatoms. The third-order valence-electron chi connectivity index (χ3n) is 3.56. The molecule has 0 saturated heterocycles. The molecule has 3 N–H and O–H groups in total. The van der Waals surface area contributed by atoms with Crippen LogP contribution in [0.1, 0.15) is 26.3 Å². The van der Waals surface area contributed by atoms with E-state index in [0.717, 1.165) is 31.7 Å². The molecule has 6 nitrogen and oxygen atoms in total. The molecule has 0 heterocycles. The van der Waals surface area contributed by atoms with E-state index >= 15 is 0 Å². The molecule has 0 aliphatic heterocycles. The molecule has 0 unspecified atom stereocenters. The summed E-state index contributed by atoms with van der Waals surface area (Å²) in [4.78, 5) is 13.3. The molecule has 1 aromatic rings. The van der Waals surface area contributed by atoms with Gasteiger partial charge in [0.25, 0.3) is 5.91 Å². The molecule has 1 amide bonds. The highest BCUT2D eigenvalue weighted by molar-refractivity contribution is 6.32. The molecule has 0 bridgehead atoms. The van der Waals surface area contributed by atoms with Gasteiger partial charge in [-0.2, -0.15) is 0 Å². The summed E-state index contributed by atoms with van der Waals surface area (Å²) >= 11 is 6.27. The van der Waals surface area contributed by atoms with Crippen molar-refractivity contribution in [1.82, 2.24) is 10.2 Å². The molecule has 0 radical (unpaired) electrons. The Morgan fingerprint density at radius 1 is 1.19 bits per heavy atom. The van der Waals surface area contributed by atoms with Crippen LogP contribution in [0, 0.1) is 0 Å². The van der Waals surface area contributed by atoms with Gasteiger partial charge in [-0.3, -0.25) is 4.79 Å². The summed E-state index contributed by atoms with van der Waals surface area (Å²) in [5.41, 5.74) is 6.11. The monoisotopic (exact) mass is 429 g/mol. The summed E-state index contributed by atoms with van der Waals surface area (Å²) in [5, 5.41) is 3.80. The number of nitrogens with two attached hydrogens (primary N) is 1. The van der Waals surface area contributed by atoms with Gasteiger partial charge in [-0.15, -0.1) is 24.8 Å². The quantitative estimate of drug-likeness (QED) is 0.499. The molecule has 0 aliphatic rings. The van der Waals surface area contributed by atoms with Crippen molar-refractivity contribution in [3.63, 3.8) is 0 Å². The Morgan fingerprint density at radius 3 is 2.38 bits per heavy atom. The van der Waals surface area contributed by atoms with E-state index in [0.29, 0.717) is 29.7 Å². The Labute approximate surface area is 173 Å². The Balaban J connectivity index is 0. The lowest BCUT2D eigenvalue weighted by molar-refractivity contribution is -0.119. The molecule has 1 aromatic carbocycles. The number of amides is 1. The van der Waals surface area contributed by atoms with Crippen molar-refractivity contribution < 1.29 is 14.3 Å². The fraction of sp³-hybridized carbons (Fsp3) is 0.588. The zero-order valence-electron chi connectivity index (χ0n) is 15.5. The average molecular weight is 431 g/mol. The van der Waals surface area contributed by atoms with Gasteiger partial charge in [0, 0.05) is 19.6 Å². The lowest BCUT2D eigenvalue weighted by Crippen LogP contribution is -2.31. The Bertz CT molecular complexity index is 529. The molecular formula is C17H30Cl3N3O3. The molecule has 26 heavy (non-hydrogen) atoms. The first-order chi connectivity index (χ1) is 11.5. The molecule has 0 atom stereocenters. The van der Waals surface area contributed by atoms with Gasteiger partial charge in [0.1, 0.15) is 0 Å². The molecule has 152 valence electrons. The van der Waals surface area contributed by atoms with Crippen LogP contribution in [0.2, 0.25) is 5.02 Å². The maximum Gasteiger partial charge on any atom is 0.255 e. The zero-order chi connectivity index (χ0) is 17.9. The van der Waals surface area contributed by atoms with Gasteiger partial charge in [0.05, 0.1) is 11.6 Å². The van der Waals surface area contributed by atoms with E-state index in [-0.39, 0.29) is 31.4 Å². The zero-order valence-corrected chi connectivity index (χ0v) is 17.9. The number of nitrogens with one attached hydrogen (secondary N) is 1. The van der Waals surface area contributed by atoms with Gasteiger partial charge in [0.2, 0.25) is 0 Å². The number of carbonyl (C=O) groups excluding carboxylic acids is 1. The first kappa shape index (κ1) is 27.3. The minimum absolute atomic E-state index is 0. The second kappa shape index (κ2) is 15.2. The molecule has 1 rings (SSSR count). The van der Waals surface area contributed by atoms with Crippen molar-refractivity contribution in [2.24, 2.45) is 5.73 Å². The number of rotatable bonds is 12. The van der Waals surface area contributed by atoms with Crippen LogP contribution in [0.5, 0.6) is 11.5 Å². The summed E-state index contributed by atoms with van der Waals surface area (Å²) < 4.78 is 10.9. The summed E-state index contributed by atoms with van der Waals surface area (Å²) in [6.45, 7) is 11.1. The lowest BCUT2D eigenvalue weighted by Gasteiger charge is -2.18. The van der Waals surface area contributed by atoms with E-state index in [1.54, 1.807) is 0 Å². The molecule has 0 aliphatic carbocycles. The van der Waals surface area contributed by atoms with E-state index < -0.39 is 5.91 Å². The Kier molecular flexibility index (Phi) is 15.9. The van der Waals surface area contributed by atoms with Gasteiger partial charge < -0.3 is 25.4 Å². The SMILES string of the molecule is CCOc1cc(CNCCN(CC)CC)cc(Cl)c1OCC(N)=O.Cl.Cl. The van der Waals surface area contributed by atoms with Crippen LogP contribution < -0.4 is 20.5 Å². The fourth-order valence-electron chi connectivity index (χ4n) is 2.28. The van der Waals surface area contributed by atoms with Crippen LogP contribution in [0.3, 0.4) is 0 Å². The first-order valence-electron chi connectivity index (χ1n) is 8.31. The predicted octanol–water partition coefficient (Wildman–Crippen LogP) is 2.88. The summed E-state index contributed by atoms with van der Waals surface area (Å²) in [6, 6.07) is 3.68. The van der Waals surface area contributed by atoms with Crippen molar-refractivity contribution >= 4 is 42.3 Å². The van der Waals surface area contributed by atoms with Crippen molar-refractivity contribution in [1.29, 1.82) is 0 Å². The van der Waals surface area contributed by atoms with Crippen LogP contribution in [-0.4, -0.2) is 50.2 Å². The third kappa shape index (κ3) is 9.69. The van der Waals surface area contributed by atoms with Gasteiger partial charge in [-0.05, 0) is 37.7 Å². The van der Waals surface area contributed by atoms with Gasteiger partial charge in [-0.1, -0.05) is 25.4 Å². The summed E-state index contributed by atoms with van der Waals surface area (Å²) in [6.07, 6.45) is 0. The van der Waals surface area contributed by atoms with E-state index in [2.05, 4.69) is 24.1 Å². The second-order valence-electron chi connectivity index (χ2n) is 5.30. The highest BCUT2D eigenvalue weighted by Gasteiger charge is 2.13. The van der Waals surface area contributed by atoms with E-state index in [1.165, 1.54) is 0 Å². The van der Waals surface area contributed by atoms with Crippen LogP contribution in [-0.2, 0) is 11.3 Å². The standard InChI is InChI=1S/C17H28ClN3O3.2ClH/c1-4-21(5-2)8-7-20-11-13-9-14(18)17(24-12-16(19)22)15(10-13)23-6-3;;/h9-10,20H,4-8,11-12H2,1-3H3,(H2,19,22);2*1H. The van der Waals surface area contributed by atoms with Gasteiger partial charge in [-0.25, -0.2) is 0 Å². The van der Waals surface area contributed by atoms with Gasteiger partial charge >= 0.3 is 0 Å². The topological polar surface area (TPSA) is 76.8 Å². The molecule has 0 fully saturated rings. The summed E-state index contributed by atoms with van der Waals surface area (Å²) in [7, 11) is 0. The van der Waals surface area contributed by atoms with Crippen LogP contribution in [0.4, 0.5) is 0 Å². The minimum Gasteiger partial charge on any atom is -0.490 e. The van der Waals surface area contributed by atoms with Crippen molar-refractivity contribution in [3.05, 3.63) is 22.7 Å². The second-order valence-corrected chi connectivity index (χ2v) is 5.70. The fourth-order valence-corrected chi connectivity index (χ4v) is 2.57. The van der Waals surface area contributed by atoms with E-state index in [1.807, 2.05) is 19.1 Å². The third-order valence-corrected chi connectivity index (χ3v) is 3.84. The lowest BCUT2D eigenvalue weighted by atomic mass is 10.2. The maximum absolute atomic E-state index is 10.9. The van der Waals surface area contributed by atoms with E-state index in [9.17, 15) is 4.79 Å². The molecule has 0 spiro atoms. The number of ether oxygens (including phenoxy) is 2. The molecule has 0 saturated carbocycles. The molecule has 0 aromatic heterocycles. The molecular weight excluding hydrogens is 401 g/mol. The smallest absolute Gasteiger partial charge is 0.255 e. The largest absolute Gasteiger partial charge is 0.490 e. The van der Waals surface area contributed by atoms with Crippen LogP contribution in [0.25, 0.3) is 0 Å². The highest BCUT2D eigenvalue weighted by Crippen LogP contribution is 2.36. The van der Waals surface area contributed by atoms with Crippen LogP contribution in [0.15, 0.2) is 12.1 Å². The van der Waals surface area contributed by atoms with E-state index in [4.69, 9.17) is 26.8 Å². The van der Waals surface area contributed by atoms with Crippen molar-refractivity contribution in [2.75, 3.05) is 39.4 Å². The number of nitrogens with zero attached hydrogens (tertiary/aromatic N) is 1. The Hall–Kier alpha value is -0.920. The normalized spacial score (nSPS) is 10.0. The predicted molar refractivity (Wildman–Crippen MR) is 111 cm³/mol. The van der Waals surface area contributed by atoms with Crippen molar-refractivity contribution in [3.8, 4) is 11.5 Å². The number of carbonyl (C=O) groups is 1. The van der Waals surface area contributed by atoms with Crippen molar-refractivity contribution in [2.45, 2.75) is 27.3 Å².